The van der Waals surface area contributed by atoms with Crippen LogP contribution in [0, 0.1) is 5.41 Å². The van der Waals surface area contributed by atoms with Crippen LogP contribution in [0.25, 0.3) is 0 Å². The molecule has 0 heterocycles. The highest BCUT2D eigenvalue weighted by Crippen LogP contribution is 2.30. The van der Waals surface area contributed by atoms with Crippen LogP contribution in [0.2, 0.25) is 0 Å². The van der Waals surface area contributed by atoms with E-state index in [9.17, 15) is 18.4 Å². The summed E-state index contributed by atoms with van der Waals surface area (Å²) >= 11 is 0. The Balaban J connectivity index is 4.50. The topological polar surface area (TPSA) is 86.6 Å². The summed E-state index contributed by atoms with van der Waals surface area (Å²) in [5.74, 6) is -5.26. The van der Waals surface area contributed by atoms with Gasteiger partial charge in [-0.3, -0.25) is 9.59 Å². The highest BCUT2D eigenvalue weighted by atomic mass is 19.3. The van der Waals surface area contributed by atoms with E-state index in [0.29, 0.717) is 0 Å². The molecule has 1 amide bonds. The summed E-state index contributed by atoms with van der Waals surface area (Å²) in [6.07, 6.45) is 0.127. The van der Waals surface area contributed by atoms with E-state index in [1.54, 1.807) is 13.8 Å². The number of amides is 1. The highest BCUT2D eigenvalue weighted by Gasteiger charge is 2.38. The van der Waals surface area contributed by atoms with Gasteiger partial charge in [-0.15, -0.1) is 0 Å². The predicted molar refractivity (Wildman–Crippen MR) is 60.3 cm³/mol. The number of carboxylic acids is 1. The van der Waals surface area contributed by atoms with Gasteiger partial charge < -0.3 is 15.5 Å². The maximum atomic E-state index is 12.7. The van der Waals surface area contributed by atoms with Crippen molar-refractivity contribution in [2.24, 2.45) is 5.41 Å². The SMILES string of the molecule is CCC(CC)(CC(=O)NCC(F)(F)CO)C(=O)O. The number of halogens is 2. The normalized spacial score (nSPS) is 12.3. The average molecular weight is 267 g/mol. The highest BCUT2D eigenvalue weighted by molar-refractivity contribution is 5.84. The molecule has 0 aliphatic carbocycles. The smallest absolute Gasteiger partial charge is 0.310 e. The van der Waals surface area contributed by atoms with Crippen molar-refractivity contribution in [1.29, 1.82) is 0 Å². The molecular formula is C11H19F2NO4. The van der Waals surface area contributed by atoms with Crippen LogP contribution >= 0.6 is 0 Å². The first kappa shape index (κ1) is 16.8. The summed E-state index contributed by atoms with van der Waals surface area (Å²) < 4.78 is 25.4. The fraction of sp³-hybridized carbons (Fsp3) is 0.818. The summed E-state index contributed by atoms with van der Waals surface area (Å²) in [6.45, 7) is 0.908. The van der Waals surface area contributed by atoms with Crippen molar-refractivity contribution >= 4 is 11.9 Å². The van der Waals surface area contributed by atoms with Gasteiger partial charge >= 0.3 is 5.97 Å². The number of aliphatic hydroxyl groups excluding tert-OH is 1. The summed E-state index contributed by atoms with van der Waals surface area (Å²) in [5, 5.41) is 19.3. The van der Waals surface area contributed by atoms with Crippen molar-refractivity contribution in [2.45, 2.75) is 39.0 Å². The van der Waals surface area contributed by atoms with E-state index in [0.717, 1.165) is 0 Å². The van der Waals surface area contributed by atoms with Crippen LogP contribution in [0.1, 0.15) is 33.1 Å². The Hall–Kier alpha value is -1.24. The van der Waals surface area contributed by atoms with Crippen LogP contribution in [0.4, 0.5) is 8.78 Å². The molecule has 0 radical (unpaired) electrons. The molecule has 0 aromatic carbocycles. The van der Waals surface area contributed by atoms with E-state index in [-0.39, 0.29) is 19.3 Å². The largest absolute Gasteiger partial charge is 0.481 e. The molecule has 18 heavy (non-hydrogen) atoms. The lowest BCUT2D eigenvalue weighted by atomic mass is 9.79. The number of nitrogens with one attached hydrogen (secondary N) is 1. The van der Waals surface area contributed by atoms with Gasteiger partial charge in [-0.05, 0) is 12.8 Å². The second-order valence-corrected chi connectivity index (χ2v) is 4.26. The standard InChI is InChI=1S/C11H19F2NO4/c1-3-10(4-2,9(17)18)5-8(16)14-6-11(12,13)7-15/h15H,3-7H2,1-2H3,(H,14,16)(H,17,18). The van der Waals surface area contributed by atoms with Gasteiger partial charge in [0.15, 0.2) is 0 Å². The van der Waals surface area contributed by atoms with Crippen molar-refractivity contribution in [2.75, 3.05) is 13.2 Å². The number of aliphatic hydroxyl groups is 1. The van der Waals surface area contributed by atoms with Crippen LogP contribution in [0.3, 0.4) is 0 Å². The number of carbonyl (C=O) groups is 2. The molecular weight excluding hydrogens is 248 g/mol. The monoisotopic (exact) mass is 267 g/mol. The summed E-state index contributed by atoms with van der Waals surface area (Å²) in [4.78, 5) is 22.6. The first-order valence-corrected chi connectivity index (χ1v) is 5.72. The fourth-order valence-corrected chi connectivity index (χ4v) is 1.53. The van der Waals surface area contributed by atoms with E-state index in [4.69, 9.17) is 10.2 Å². The van der Waals surface area contributed by atoms with E-state index in [1.165, 1.54) is 0 Å². The zero-order valence-corrected chi connectivity index (χ0v) is 10.5. The quantitative estimate of drug-likeness (QED) is 0.612. The molecule has 7 heteroatoms. The molecule has 0 aromatic heterocycles. The van der Waals surface area contributed by atoms with E-state index >= 15 is 0 Å². The van der Waals surface area contributed by atoms with Gasteiger partial charge in [0.2, 0.25) is 5.91 Å². The van der Waals surface area contributed by atoms with E-state index in [1.807, 2.05) is 5.32 Å². The molecule has 106 valence electrons. The maximum absolute atomic E-state index is 12.7. The first-order valence-electron chi connectivity index (χ1n) is 5.72. The third-order valence-corrected chi connectivity index (χ3v) is 3.08. The molecule has 0 rings (SSSR count). The lowest BCUT2D eigenvalue weighted by Crippen LogP contribution is -2.42. The number of carboxylic acid groups (broad SMARTS) is 1. The molecule has 0 spiro atoms. The van der Waals surface area contributed by atoms with E-state index in [2.05, 4.69) is 0 Å². The Bertz CT molecular complexity index is 303. The van der Waals surface area contributed by atoms with Gasteiger partial charge in [0.05, 0.1) is 12.0 Å². The zero-order valence-electron chi connectivity index (χ0n) is 10.5. The minimum atomic E-state index is -3.39. The number of rotatable bonds is 8. The molecule has 0 aliphatic heterocycles. The van der Waals surface area contributed by atoms with Gasteiger partial charge in [0.25, 0.3) is 5.92 Å². The van der Waals surface area contributed by atoms with Crippen LogP contribution in [-0.4, -0.2) is 41.2 Å². The molecule has 0 atom stereocenters. The molecule has 0 aromatic rings. The van der Waals surface area contributed by atoms with Gasteiger partial charge in [0, 0.05) is 6.42 Å². The van der Waals surface area contributed by atoms with Gasteiger partial charge in [-0.25, -0.2) is 8.78 Å². The van der Waals surface area contributed by atoms with Crippen LogP contribution in [0.5, 0.6) is 0 Å². The Labute approximate surface area is 104 Å². The second-order valence-electron chi connectivity index (χ2n) is 4.26. The predicted octanol–water partition coefficient (Wildman–Crippen LogP) is 1.01. The maximum Gasteiger partial charge on any atom is 0.310 e. The number of aliphatic carboxylic acids is 1. The number of hydrogen-bond donors (Lipinski definition) is 3. The Kier molecular flexibility index (Phi) is 6.17. The Morgan fingerprint density at radius 2 is 1.72 bits per heavy atom. The number of alkyl halides is 2. The summed E-state index contributed by atoms with van der Waals surface area (Å²) in [7, 11) is 0. The Morgan fingerprint density at radius 3 is 2.06 bits per heavy atom. The minimum absolute atomic E-state index is 0.239. The molecule has 0 saturated carbocycles. The van der Waals surface area contributed by atoms with Gasteiger partial charge in [-0.1, -0.05) is 13.8 Å². The van der Waals surface area contributed by atoms with E-state index < -0.39 is 36.4 Å². The third kappa shape index (κ3) is 4.56. The molecule has 3 N–H and O–H groups in total. The van der Waals surface area contributed by atoms with Gasteiger partial charge in [0.1, 0.15) is 6.61 Å². The van der Waals surface area contributed by atoms with Crippen molar-refractivity contribution in [3.05, 3.63) is 0 Å². The minimum Gasteiger partial charge on any atom is -0.481 e. The van der Waals surface area contributed by atoms with Crippen molar-refractivity contribution in [3.8, 4) is 0 Å². The molecule has 0 saturated heterocycles. The average Bonchev–Trinajstić information content (AvgIpc) is 2.33. The third-order valence-electron chi connectivity index (χ3n) is 3.08. The fourth-order valence-electron chi connectivity index (χ4n) is 1.53. The second kappa shape index (κ2) is 6.63. The molecule has 5 nitrogen and oxygen atoms in total. The van der Waals surface area contributed by atoms with Crippen LogP contribution < -0.4 is 5.32 Å². The summed E-state index contributed by atoms with van der Waals surface area (Å²) in [6, 6.07) is 0. The zero-order chi connectivity index (χ0) is 14.4. The summed E-state index contributed by atoms with van der Waals surface area (Å²) in [5.41, 5.74) is -1.22. The first-order chi connectivity index (χ1) is 8.23. The van der Waals surface area contributed by atoms with Gasteiger partial charge in [-0.2, -0.15) is 0 Å². The number of hydrogen-bond acceptors (Lipinski definition) is 3. The molecule has 0 fully saturated rings. The molecule has 0 bridgehead atoms. The lowest BCUT2D eigenvalue weighted by Gasteiger charge is -2.26. The van der Waals surface area contributed by atoms with Crippen molar-refractivity contribution < 1.29 is 28.6 Å². The molecule has 0 aliphatic rings. The van der Waals surface area contributed by atoms with Crippen LogP contribution in [0.15, 0.2) is 0 Å². The molecule has 0 unspecified atom stereocenters. The van der Waals surface area contributed by atoms with Crippen molar-refractivity contribution in [1.82, 2.24) is 5.32 Å². The lowest BCUT2D eigenvalue weighted by molar-refractivity contribution is -0.152. The van der Waals surface area contributed by atoms with Crippen LogP contribution in [-0.2, 0) is 9.59 Å². The number of carbonyl (C=O) groups excluding carboxylic acids is 1. The van der Waals surface area contributed by atoms with Crippen molar-refractivity contribution in [3.63, 3.8) is 0 Å². The Morgan fingerprint density at radius 1 is 1.22 bits per heavy atom.